The Balaban J connectivity index is 2.64. The van der Waals surface area contributed by atoms with Gasteiger partial charge in [0.15, 0.2) is 17.5 Å². The second kappa shape index (κ2) is 5.22. The molecule has 0 saturated carbocycles. The highest BCUT2D eigenvalue weighted by molar-refractivity contribution is 6.32. The lowest BCUT2D eigenvalue weighted by molar-refractivity contribution is -0.150. The number of esters is 1. The predicted molar refractivity (Wildman–Crippen MR) is 73.9 cm³/mol. The van der Waals surface area contributed by atoms with Crippen molar-refractivity contribution in [3.05, 3.63) is 34.1 Å². The first kappa shape index (κ1) is 15.6. The molecule has 1 aliphatic carbocycles. The van der Waals surface area contributed by atoms with E-state index in [1.165, 1.54) is 0 Å². The van der Waals surface area contributed by atoms with Crippen molar-refractivity contribution in [2.24, 2.45) is 5.92 Å². The molecule has 2 rings (SSSR count). The van der Waals surface area contributed by atoms with Crippen molar-refractivity contribution in [1.82, 2.24) is 0 Å². The number of fused-ring (bicyclic) bond motifs is 1. The Labute approximate surface area is 126 Å². The third-order valence-corrected chi connectivity index (χ3v) is 3.95. The van der Waals surface area contributed by atoms with E-state index in [-0.39, 0.29) is 22.8 Å². The molecule has 1 atom stereocenters. The van der Waals surface area contributed by atoms with Crippen LogP contribution in [0.15, 0.2) is 12.1 Å². The number of hydrogen-bond donors (Lipinski definition) is 0. The van der Waals surface area contributed by atoms with Crippen molar-refractivity contribution in [2.45, 2.75) is 26.2 Å². The van der Waals surface area contributed by atoms with E-state index < -0.39 is 34.7 Å². The summed E-state index contributed by atoms with van der Waals surface area (Å²) in [5.41, 5.74) is -0.851. The van der Waals surface area contributed by atoms with Crippen LogP contribution in [0.4, 0.5) is 4.39 Å². The third kappa shape index (κ3) is 2.35. The number of ketones is 2. The van der Waals surface area contributed by atoms with E-state index in [9.17, 15) is 18.8 Å². The van der Waals surface area contributed by atoms with Crippen molar-refractivity contribution in [3.8, 4) is 0 Å². The average molecular weight is 313 g/mol. The van der Waals surface area contributed by atoms with Gasteiger partial charge in [0.05, 0.1) is 17.0 Å². The molecule has 0 heterocycles. The fourth-order valence-electron chi connectivity index (χ4n) is 2.48. The van der Waals surface area contributed by atoms with Gasteiger partial charge in [-0.05, 0) is 38.5 Å². The summed E-state index contributed by atoms with van der Waals surface area (Å²) in [5.74, 6) is -4.41. The number of hydrogen-bond acceptors (Lipinski definition) is 4. The van der Waals surface area contributed by atoms with Gasteiger partial charge in [0.2, 0.25) is 0 Å². The number of benzene rings is 1. The fraction of sp³-hybridized carbons (Fsp3) is 0.400. The average Bonchev–Trinajstić information content (AvgIpc) is 2.40. The Morgan fingerprint density at radius 1 is 1.38 bits per heavy atom. The predicted octanol–water partition coefficient (Wildman–Crippen LogP) is 2.70. The molecule has 1 aliphatic rings. The summed E-state index contributed by atoms with van der Waals surface area (Å²) in [6.07, 6.45) is 0. The Bertz CT molecular complexity index is 651. The molecule has 1 aromatic rings. The van der Waals surface area contributed by atoms with Crippen molar-refractivity contribution in [1.29, 1.82) is 0 Å². The molecule has 0 amide bonds. The molecule has 21 heavy (non-hydrogen) atoms. The summed E-state index contributed by atoms with van der Waals surface area (Å²) in [6, 6.07) is 2.24. The zero-order chi connectivity index (χ0) is 15.9. The largest absolute Gasteiger partial charge is 0.465 e. The van der Waals surface area contributed by atoms with E-state index >= 15 is 0 Å². The maximum absolute atomic E-state index is 13.6. The minimum Gasteiger partial charge on any atom is -0.465 e. The molecule has 112 valence electrons. The Morgan fingerprint density at radius 2 is 2.00 bits per heavy atom. The van der Waals surface area contributed by atoms with Gasteiger partial charge in [-0.1, -0.05) is 11.6 Å². The van der Waals surface area contributed by atoms with Gasteiger partial charge in [-0.2, -0.15) is 0 Å². The van der Waals surface area contributed by atoms with Crippen molar-refractivity contribution < 1.29 is 23.5 Å². The van der Waals surface area contributed by atoms with Crippen molar-refractivity contribution >= 4 is 29.1 Å². The molecule has 0 saturated heterocycles. The number of ether oxygens (including phenoxy) is 1. The first-order chi connectivity index (χ1) is 9.71. The quantitative estimate of drug-likeness (QED) is 0.622. The molecular formula is C15H14ClFO4. The highest BCUT2D eigenvalue weighted by atomic mass is 35.5. The highest BCUT2D eigenvalue weighted by Gasteiger charge is 2.50. The Hall–Kier alpha value is -1.75. The molecule has 0 bridgehead atoms. The van der Waals surface area contributed by atoms with E-state index in [4.69, 9.17) is 16.3 Å². The molecule has 0 spiro atoms. The second-order valence-electron chi connectivity index (χ2n) is 5.35. The van der Waals surface area contributed by atoms with Crippen LogP contribution in [-0.4, -0.2) is 24.1 Å². The van der Waals surface area contributed by atoms with E-state index in [1.54, 1.807) is 20.8 Å². The SMILES string of the molecule is CCOC(=O)C1C(=O)c2cc(Cl)c(F)cc2C(C)(C)C1=O. The lowest BCUT2D eigenvalue weighted by atomic mass is 9.66. The van der Waals surface area contributed by atoms with Gasteiger partial charge in [0.1, 0.15) is 5.82 Å². The molecule has 0 aromatic heterocycles. The van der Waals surface area contributed by atoms with Crippen LogP contribution >= 0.6 is 11.6 Å². The van der Waals surface area contributed by atoms with Gasteiger partial charge in [0.25, 0.3) is 0 Å². The van der Waals surface area contributed by atoms with Gasteiger partial charge in [-0.3, -0.25) is 14.4 Å². The smallest absolute Gasteiger partial charge is 0.324 e. The topological polar surface area (TPSA) is 60.4 Å². The monoisotopic (exact) mass is 312 g/mol. The van der Waals surface area contributed by atoms with Crippen LogP contribution in [0.2, 0.25) is 5.02 Å². The molecule has 1 unspecified atom stereocenters. The van der Waals surface area contributed by atoms with Crippen LogP contribution in [0.1, 0.15) is 36.7 Å². The lowest BCUT2D eigenvalue weighted by Gasteiger charge is -2.34. The van der Waals surface area contributed by atoms with Crippen LogP contribution in [0.5, 0.6) is 0 Å². The van der Waals surface area contributed by atoms with Gasteiger partial charge < -0.3 is 4.74 Å². The zero-order valence-electron chi connectivity index (χ0n) is 11.8. The zero-order valence-corrected chi connectivity index (χ0v) is 12.6. The van der Waals surface area contributed by atoms with E-state index in [1.807, 2.05) is 0 Å². The van der Waals surface area contributed by atoms with Gasteiger partial charge in [-0.15, -0.1) is 0 Å². The van der Waals surface area contributed by atoms with E-state index in [0.29, 0.717) is 0 Å². The van der Waals surface area contributed by atoms with Gasteiger partial charge in [-0.25, -0.2) is 4.39 Å². The molecule has 0 fully saturated rings. The normalized spacial score (nSPS) is 20.1. The van der Waals surface area contributed by atoms with Gasteiger partial charge in [0, 0.05) is 5.56 Å². The molecule has 0 aliphatic heterocycles. The molecule has 4 nitrogen and oxygen atoms in total. The summed E-state index contributed by atoms with van der Waals surface area (Å²) < 4.78 is 18.4. The Kier molecular flexibility index (Phi) is 3.89. The summed E-state index contributed by atoms with van der Waals surface area (Å²) >= 11 is 5.70. The molecule has 0 radical (unpaired) electrons. The maximum Gasteiger partial charge on any atom is 0.324 e. The van der Waals surface area contributed by atoms with Crippen LogP contribution in [0, 0.1) is 11.7 Å². The van der Waals surface area contributed by atoms with E-state index in [0.717, 1.165) is 12.1 Å². The Morgan fingerprint density at radius 3 is 2.57 bits per heavy atom. The minimum absolute atomic E-state index is 0.0629. The van der Waals surface area contributed by atoms with E-state index in [2.05, 4.69) is 0 Å². The number of halogens is 2. The molecular weight excluding hydrogens is 299 g/mol. The number of carbonyl (C=O) groups is 3. The maximum atomic E-state index is 13.6. The summed E-state index contributed by atoms with van der Waals surface area (Å²) in [7, 11) is 0. The van der Waals surface area contributed by atoms with Crippen LogP contribution < -0.4 is 0 Å². The van der Waals surface area contributed by atoms with Crippen molar-refractivity contribution in [3.63, 3.8) is 0 Å². The first-order valence-corrected chi connectivity index (χ1v) is 6.84. The van der Waals surface area contributed by atoms with Crippen molar-refractivity contribution in [2.75, 3.05) is 6.61 Å². The standard InChI is InChI=1S/C15H14ClFO4/c1-4-21-14(20)11-12(18)7-5-9(16)10(17)6-8(7)15(2,3)13(11)19/h5-6,11H,4H2,1-3H3. The lowest BCUT2D eigenvalue weighted by Crippen LogP contribution is -2.48. The molecule has 0 N–H and O–H groups in total. The highest BCUT2D eigenvalue weighted by Crippen LogP contribution is 2.39. The summed E-state index contributed by atoms with van der Waals surface area (Å²) in [6.45, 7) is 4.73. The minimum atomic E-state index is -1.52. The molecule has 1 aromatic carbocycles. The van der Waals surface area contributed by atoms with Crippen LogP contribution in [0.3, 0.4) is 0 Å². The fourth-order valence-corrected chi connectivity index (χ4v) is 2.64. The second-order valence-corrected chi connectivity index (χ2v) is 5.76. The van der Waals surface area contributed by atoms with Gasteiger partial charge >= 0.3 is 5.97 Å². The third-order valence-electron chi connectivity index (χ3n) is 3.66. The van der Waals surface area contributed by atoms with Crippen LogP contribution in [-0.2, 0) is 19.7 Å². The first-order valence-electron chi connectivity index (χ1n) is 6.46. The summed E-state index contributed by atoms with van der Waals surface area (Å²) in [5, 5.41) is -0.227. The number of Topliss-reactive ketones (excluding diaryl/α,β-unsaturated/α-hetero) is 2. The van der Waals surface area contributed by atoms with Crippen LogP contribution in [0.25, 0.3) is 0 Å². The summed E-state index contributed by atoms with van der Waals surface area (Å²) in [4.78, 5) is 36.7. The number of carbonyl (C=O) groups excluding carboxylic acids is 3. The molecule has 6 heteroatoms. The number of rotatable bonds is 2.